The number of carbonyl (C=O) groups is 1. The van der Waals surface area contributed by atoms with Crippen molar-refractivity contribution in [2.24, 2.45) is 11.8 Å². The smallest absolute Gasteiger partial charge is 0.227 e. The predicted octanol–water partition coefficient (Wildman–Crippen LogP) is 2.30. The molecule has 4 atom stereocenters. The number of aromatic nitrogens is 3. The average molecular weight is 365 g/mol. The lowest BCUT2D eigenvalue weighted by molar-refractivity contribution is -0.142. The Bertz CT molecular complexity index is 802. The van der Waals surface area contributed by atoms with Crippen LogP contribution in [0.5, 0.6) is 0 Å². The summed E-state index contributed by atoms with van der Waals surface area (Å²) in [4.78, 5) is 17.0. The molecule has 4 heterocycles. The van der Waals surface area contributed by atoms with Gasteiger partial charge in [-0.05, 0) is 25.3 Å². The Kier molecular flexibility index (Phi) is 5.07. The number of fused-ring (bicyclic) bond motifs is 3. The summed E-state index contributed by atoms with van der Waals surface area (Å²) in [6.45, 7) is 7.12. The molecule has 0 spiro atoms. The van der Waals surface area contributed by atoms with Gasteiger partial charge in [-0.2, -0.15) is 0 Å². The Morgan fingerprint density at radius 1 is 1.37 bits per heavy atom. The minimum absolute atomic E-state index is 0.121. The van der Waals surface area contributed by atoms with Gasteiger partial charge in [0.1, 0.15) is 5.69 Å². The Morgan fingerprint density at radius 3 is 2.89 bits per heavy atom. The van der Waals surface area contributed by atoms with Crippen LogP contribution in [-0.4, -0.2) is 63.4 Å². The molecule has 1 unspecified atom stereocenters. The van der Waals surface area contributed by atoms with Crippen molar-refractivity contribution in [2.45, 2.75) is 25.4 Å². The van der Waals surface area contributed by atoms with Gasteiger partial charge in [-0.1, -0.05) is 41.6 Å². The molecule has 2 aromatic rings. The van der Waals surface area contributed by atoms with Gasteiger partial charge in [0.05, 0.1) is 18.7 Å². The molecule has 1 amide bonds. The fourth-order valence-corrected chi connectivity index (χ4v) is 4.52. The molecule has 3 aliphatic heterocycles. The topological polar surface area (TPSA) is 54.3 Å². The number of hydrogen-bond donors (Lipinski definition) is 0. The van der Waals surface area contributed by atoms with Crippen molar-refractivity contribution in [3.05, 3.63) is 49.2 Å². The van der Waals surface area contributed by atoms with Gasteiger partial charge >= 0.3 is 0 Å². The lowest BCUT2D eigenvalue weighted by Gasteiger charge is -2.49. The van der Waals surface area contributed by atoms with Crippen LogP contribution in [0.2, 0.25) is 0 Å². The van der Waals surface area contributed by atoms with E-state index >= 15 is 0 Å². The molecule has 27 heavy (non-hydrogen) atoms. The molecule has 3 fully saturated rings. The van der Waals surface area contributed by atoms with Crippen LogP contribution in [0, 0.1) is 11.8 Å². The molecule has 1 aromatic heterocycles. The van der Waals surface area contributed by atoms with E-state index in [2.05, 4.69) is 33.9 Å². The summed E-state index contributed by atoms with van der Waals surface area (Å²) < 4.78 is 1.95. The normalized spacial score (nSPS) is 26.7. The van der Waals surface area contributed by atoms with Crippen molar-refractivity contribution in [2.75, 3.05) is 26.7 Å². The predicted molar refractivity (Wildman–Crippen MR) is 105 cm³/mol. The third-order valence-corrected chi connectivity index (χ3v) is 5.98. The van der Waals surface area contributed by atoms with Crippen LogP contribution in [0.15, 0.2) is 49.2 Å². The third kappa shape index (κ3) is 3.67. The Balaban J connectivity index is 1.41. The lowest BCUT2D eigenvalue weighted by atomic mass is 9.75. The van der Waals surface area contributed by atoms with E-state index in [4.69, 9.17) is 0 Å². The first kappa shape index (κ1) is 17.9. The zero-order valence-corrected chi connectivity index (χ0v) is 15.9. The number of likely N-dealkylation sites (N-methyl/N-ethyl adjacent to an activating group) is 1. The second kappa shape index (κ2) is 7.64. The molecule has 6 nitrogen and oxygen atoms in total. The van der Waals surface area contributed by atoms with Gasteiger partial charge in [0.2, 0.25) is 5.91 Å². The van der Waals surface area contributed by atoms with E-state index in [1.807, 2.05) is 36.1 Å². The Labute approximate surface area is 160 Å². The van der Waals surface area contributed by atoms with Gasteiger partial charge < -0.3 is 4.90 Å². The first-order chi connectivity index (χ1) is 13.2. The van der Waals surface area contributed by atoms with Crippen molar-refractivity contribution in [3.63, 3.8) is 0 Å². The Morgan fingerprint density at radius 2 is 2.19 bits per heavy atom. The van der Waals surface area contributed by atoms with Gasteiger partial charge in [0.15, 0.2) is 0 Å². The SMILES string of the molecule is C=CCN(C)C(=O)[C@H]1CN2CC[C@@H]1C[C@@H]2Cn1cc(-c2ccccc2)nn1. The molecule has 3 aliphatic rings. The highest BCUT2D eigenvalue weighted by atomic mass is 16.2. The quantitative estimate of drug-likeness (QED) is 0.737. The summed E-state index contributed by atoms with van der Waals surface area (Å²) in [5.41, 5.74) is 2.00. The largest absolute Gasteiger partial charge is 0.342 e. The molecule has 0 N–H and O–H groups in total. The number of benzene rings is 1. The summed E-state index contributed by atoms with van der Waals surface area (Å²) in [6.07, 6.45) is 5.98. The van der Waals surface area contributed by atoms with E-state index in [1.54, 1.807) is 11.0 Å². The number of nitrogens with zero attached hydrogens (tertiary/aromatic N) is 5. The highest BCUT2D eigenvalue weighted by molar-refractivity contribution is 5.79. The molecule has 5 rings (SSSR count). The lowest BCUT2D eigenvalue weighted by Crippen LogP contribution is -2.58. The monoisotopic (exact) mass is 365 g/mol. The van der Waals surface area contributed by atoms with Crippen molar-refractivity contribution >= 4 is 5.91 Å². The molecule has 1 aromatic carbocycles. The van der Waals surface area contributed by atoms with E-state index in [0.717, 1.165) is 43.7 Å². The second-order valence-electron chi connectivity index (χ2n) is 7.74. The van der Waals surface area contributed by atoms with Gasteiger partial charge in [-0.15, -0.1) is 11.7 Å². The third-order valence-electron chi connectivity index (χ3n) is 5.98. The number of carbonyl (C=O) groups excluding carboxylic acids is 1. The fourth-order valence-electron chi connectivity index (χ4n) is 4.52. The van der Waals surface area contributed by atoms with E-state index < -0.39 is 0 Å². The van der Waals surface area contributed by atoms with E-state index in [9.17, 15) is 4.79 Å². The molecule has 6 heteroatoms. The summed E-state index contributed by atoms with van der Waals surface area (Å²) >= 11 is 0. The zero-order valence-electron chi connectivity index (χ0n) is 15.9. The maximum absolute atomic E-state index is 12.7. The molecule has 0 saturated carbocycles. The standard InChI is InChI=1S/C21H27N5O/c1-3-10-24(2)21(27)19-14-25-11-9-17(19)12-18(25)13-26-15-20(22-23-26)16-7-5-4-6-8-16/h3-8,15,17-19H,1,9-14H2,2H3/t17-,18-,19+/m1/s1. The number of piperidine rings is 3. The molecule has 3 saturated heterocycles. The first-order valence-corrected chi connectivity index (χ1v) is 9.71. The van der Waals surface area contributed by atoms with Gasteiger partial charge in [-0.25, -0.2) is 0 Å². The zero-order chi connectivity index (χ0) is 18.8. The van der Waals surface area contributed by atoms with E-state index in [1.165, 1.54) is 0 Å². The first-order valence-electron chi connectivity index (χ1n) is 9.71. The fraction of sp³-hybridized carbons (Fsp3) is 0.476. The molecule has 0 radical (unpaired) electrons. The summed E-state index contributed by atoms with van der Waals surface area (Å²) in [5.74, 6) is 0.850. The van der Waals surface area contributed by atoms with Gasteiger partial charge in [-0.3, -0.25) is 14.4 Å². The van der Waals surface area contributed by atoms with Crippen LogP contribution >= 0.6 is 0 Å². The second-order valence-corrected chi connectivity index (χ2v) is 7.74. The molecular weight excluding hydrogens is 338 g/mol. The van der Waals surface area contributed by atoms with Crippen LogP contribution in [-0.2, 0) is 11.3 Å². The van der Waals surface area contributed by atoms with Crippen molar-refractivity contribution in [3.8, 4) is 11.3 Å². The van der Waals surface area contributed by atoms with Crippen molar-refractivity contribution in [1.29, 1.82) is 0 Å². The van der Waals surface area contributed by atoms with Crippen LogP contribution in [0.25, 0.3) is 11.3 Å². The van der Waals surface area contributed by atoms with Crippen LogP contribution in [0.4, 0.5) is 0 Å². The van der Waals surface area contributed by atoms with Crippen LogP contribution < -0.4 is 0 Å². The highest BCUT2D eigenvalue weighted by Gasteiger charge is 2.43. The number of hydrogen-bond acceptors (Lipinski definition) is 4. The number of amides is 1. The Hall–Kier alpha value is -2.47. The number of rotatable bonds is 6. The summed E-state index contributed by atoms with van der Waals surface area (Å²) in [6, 6.07) is 10.6. The molecule has 0 aliphatic carbocycles. The molecular formula is C21H27N5O. The molecule has 142 valence electrons. The summed E-state index contributed by atoms with van der Waals surface area (Å²) in [5, 5.41) is 8.66. The van der Waals surface area contributed by atoms with Gasteiger partial charge in [0, 0.05) is 31.7 Å². The highest BCUT2D eigenvalue weighted by Crippen LogP contribution is 2.37. The van der Waals surface area contributed by atoms with Gasteiger partial charge in [0.25, 0.3) is 0 Å². The summed E-state index contributed by atoms with van der Waals surface area (Å²) in [7, 11) is 1.87. The van der Waals surface area contributed by atoms with Crippen molar-refractivity contribution in [1.82, 2.24) is 24.8 Å². The van der Waals surface area contributed by atoms with E-state index in [-0.39, 0.29) is 11.8 Å². The maximum atomic E-state index is 12.7. The molecule has 2 bridgehead atoms. The van der Waals surface area contributed by atoms with Crippen LogP contribution in [0.1, 0.15) is 12.8 Å². The maximum Gasteiger partial charge on any atom is 0.227 e. The van der Waals surface area contributed by atoms with E-state index in [0.29, 0.717) is 18.5 Å². The minimum atomic E-state index is 0.121. The van der Waals surface area contributed by atoms with Crippen molar-refractivity contribution < 1.29 is 4.79 Å². The minimum Gasteiger partial charge on any atom is -0.342 e. The average Bonchev–Trinajstić information content (AvgIpc) is 3.17. The van der Waals surface area contributed by atoms with Crippen LogP contribution in [0.3, 0.4) is 0 Å².